The Kier molecular flexibility index (Phi) is 6.64. The fourth-order valence-corrected chi connectivity index (χ4v) is 3.57. The molecule has 31 heavy (non-hydrogen) atoms. The zero-order chi connectivity index (χ0) is 22.8. The van der Waals surface area contributed by atoms with Gasteiger partial charge in [0.15, 0.2) is 0 Å². The van der Waals surface area contributed by atoms with Crippen molar-refractivity contribution >= 4 is 17.2 Å². The van der Waals surface area contributed by atoms with Gasteiger partial charge in [0.25, 0.3) is 5.91 Å². The minimum absolute atomic E-state index is 0.00621. The average molecular weight is 452 g/mol. The first-order chi connectivity index (χ1) is 14.6. The number of halogens is 4. The number of carbonyl (C=O) groups is 1. The van der Waals surface area contributed by atoms with E-state index in [1.807, 2.05) is 13.8 Å². The van der Waals surface area contributed by atoms with Crippen LogP contribution in [-0.2, 0) is 12.8 Å². The van der Waals surface area contributed by atoms with Crippen molar-refractivity contribution in [2.24, 2.45) is 0 Å². The van der Waals surface area contributed by atoms with Crippen molar-refractivity contribution in [1.29, 1.82) is 0 Å². The SMILES string of the molecule is CC(C)N(C)C(=O)c1csc(-c2ccc(OCc3ccccc3C(F)(F)F)cc2F)n1. The predicted octanol–water partition coefficient (Wildman–Crippen LogP) is 6.03. The van der Waals surface area contributed by atoms with Crippen LogP contribution in [0, 0.1) is 5.82 Å². The normalized spacial score (nSPS) is 11.6. The Bertz CT molecular complexity index is 1080. The lowest BCUT2D eigenvalue weighted by Crippen LogP contribution is -2.33. The Balaban J connectivity index is 1.76. The van der Waals surface area contributed by atoms with E-state index in [-0.39, 0.29) is 41.1 Å². The minimum atomic E-state index is -4.50. The lowest BCUT2D eigenvalue weighted by Gasteiger charge is -2.20. The number of thiazole rings is 1. The highest BCUT2D eigenvalue weighted by atomic mass is 32.1. The average Bonchev–Trinajstić information content (AvgIpc) is 3.20. The molecule has 1 heterocycles. The van der Waals surface area contributed by atoms with Crippen molar-refractivity contribution in [2.45, 2.75) is 32.7 Å². The molecule has 0 aliphatic carbocycles. The lowest BCUT2D eigenvalue weighted by molar-refractivity contribution is -0.138. The van der Waals surface area contributed by atoms with Gasteiger partial charge in [-0.1, -0.05) is 18.2 Å². The van der Waals surface area contributed by atoms with Crippen molar-refractivity contribution < 1.29 is 27.1 Å². The molecule has 164 valence electrons. The summed E-state index contributed by atoms with van der Waals surface area (Å²) in [5.41, 5.74) is -0.436. The molecule has 1 amide bonds. The molecule has 0 aliphatic heterocycles. The summed E-state index contributed by atoms with van der Waals surface area (Å²) in [7, 11) is 1.66. The van der Waals surface area contributed by atoms with E-state index in [9.17, 15) is 22.4 Å². The van der Waals surface area contributed by atoms with Crippen LogP contribution in [0.5, 0.6) is 5.75 Å². The van der Waals surface area contributed by atoms with Gasteiger partial charge in [0.05, 0.1) is 5.56 Å². The number of carbonyl (C=O) groups excluding carboxylic acids is 1. The molecule has 0 atom stereocenters. The molecule has 0 spiro atoms. The number of ether oxygens (including phenoxy) is 1. The van der Waals surface area contributed by atoms with Crippen LogP contribution in [-0.4, -0.2) is 28.9 Å². The standard InChI is InChI=1S/C22H20F4N2O2S/c1-13(2)28(3)21(29)19-12-31-20(27-19)16-9-8-15(10-18(16)23)30-11-14-6-4-5-7-17(14)22(24,25)26/h4-10,12-13H,11H2,1-3H3. The quantitative estimate of drug-likeness (QED) is 0.429. The summed E-state index contributed by atoms with van der Waals surface area (Å²) in [6.45, 7) is 3.39. The number of hydrogen-bond acceptors (Lipinski definition) is 4. The Morgan fingerprint density at radius 3 is 2.55 bits per heavy atom. The number of nitrogens with zero attached hydrogens (tertiary/aromatic N) is 2. The Morgan fingerprint density at radius 2 is 1.90 bits per heavy atom. The van der Waals surface area contributed by atoms with Crippen molar-refractivity contribution in [3.63, 3.8) is 0 Å². The van der Waals surface area contributed by atoms with Crippen molar-refractivity contribution in [2.75, 3.05) is 7.05 Å². The Hall–Kier alpha value is -2.94. The van der Waals surface area contributed by atoms with Gasteiger partial charge in [0.1, 0.15) is 28.9 Å². The van der Waals surface area contributed by atoms with Gasteiger partial charge in [-0.15, -0.1) is 11.3 Å². The molecule has 2 aromatic carbocycles. The zero-order valence-electron chi connectivity index (χ0n) is 17.0. The van der Waals surface area contributed by atoms with Gasteiger partial charge in [-0.2, -0.15) is 13.2 Å². The second-order valence-electron chi connectivity index (χ2n) is 7.13. The molecule has 0 radical (unpaired) electrons. The highest BCUT2D eigenvalue weighted by Crippen LogP contribution is 2.33. The maximum Gasteiger partial charge on any atom is 0.416 e. The molecular formula is C22H20F4N2O2S. The van der Waals surface area contributed by atoms with E-state index in [2.05, 4.69) is 4.98 Å². The van der Waals surface area contributed by atoms with Gasteiger partial charge >= 0.3 is 6.18 Å². The fourth-order valence-electron chi connectivity index (χ4n) is 2.75. The molecule has 9 heteroatoms. The predicted molar refractivity (Wildman–Crippen MR) is 111 cm³/mol. The molecule has 0 N–H and O–H groups in total. The number of alkyl halides is 3. The molecular weight excluding hydrogens is 432 g/mol. The van der Waals surface area contributed by atoms with Crippen LogP contribution in [0.1, 0.15) is 35.5 Å². The van der Waals surface area contributed by atoms with E-state index in [0.717, 1.165) is 23.5 Å². The van der Waals surface area contributed by atoms with Gasteiger partial charge in [-0.3, -0.25) is 4.79 Å². The summed E-state index contributed by atoms with van der Waals surface area (Å²) >= 11 is 1.13. The van der Waals surface area contributed by atoms with Crippen LogP contribution in [0.2, 0.25) is 0 Å². The number of rotatable bonds is 6. The van der Waals surface area contributed by atoms with E-state index < -0.39 is 17.6 Å². The summed E-state index contributed by atoms with van der Waals surface area (Å²) in [5.74, 6) is -0.820. The Labute approximate surface area is 181 Å². The van der Waals surface area contributed by atoms with Crippen LogP contribution >= 0.6 is 11.3 Å². The smallest absolute Gasteiger partial charge is 0.416 e. The maximum atomic E-state index is 14.6. The monoisotopic (exact) mass is 452 g/mol. The Morgan fingerprint density at radius 1 is 1.19 bits per heavy atom. The van der Waals surface area contributed by atoms with E-state index in [0.29, 0.717) is 5.01 Å². The topological polar surface area (TPSA) is 42.4 Å². The molecule has 0 unspecified atom stereocenters. The molecule has 1 aromatic heterocycles. The van der Waals surface area contributed by atoms with E-state index in [1.165, 1.54) is 35.2 Å². The van der Waals surface area contributed by atoms with Crippen LogP contribution in [0.3, 0.4) is 0 Å². The van der Waals surface area contributed by atoms with Gasteiger partial charge < -0.3 is 9.64 Å². The number of amides is 1. The van der Waals surface area contributed by atoms with Crippen LogP contribution < -0.4 is 4.74 Å². The van der Waals surface area contributed by atoms with Gasteiger partial charge in [0, 0.05) is 35.7 Å². The van der Waals surface area contributed by atoms with E-state index in [4.69, 9.17) is 4.74 Å². The van der Waals surface area contributed by atoms with Crippen LogP contribution in [0.4, 0.5) is 17.6 Å². The lowest BCUT2D eigenvalue weighted by atomic mass is 10.1. The van der Waals surface area contributed by atoms with Crippen LogP contribution in [0.25, 0.3) is 10.6 Å². The highest BCUT2D eigenvalue weighted by molar-refractivity contribution is 7.13. The number of aromatic nitrogens is 1. The second-order valence-corrected chi connectivity index (χ2v) is 7.99. The highest BCUT2D eigenvalue weighted by Gasteiger charge is 2.33. The summed E-state index contributed by atoms with van der Waals surface area (Å²) in [6.07, 6.45) is -4.50. The molecule has 0 saturated carbocycles. The molecule has 0 bridgehead atoms. The molecule has 0 aliphatic rings. The summed E-state index contributed by atoms with van der Waals surface area (Å²) in [6, 6.07) is 9.04. The van der Waals surface area contributed by atoms with Gasteiger partial charge in [0.2, 0.25) is 0 Å². The van der Waals surface area contributed by atoms with Gasteiger partial charge in [-0.25, -0.2) is 9.37 Å². The van der Waals surface area contributed by atoms with Crippen LogP contribution in [0.15, 0.2) is 47.8 Å². The maximum absolute atomic E-state index is 14.6. The molecule has 4 nitrogen and oxygen atoms in total. The first kappa shape index (κ1) is 22.7. The zero-order valence-corrected chi connectivity index (χ0v) is 17.9. The number of benzene rings is 2. The summed E-state index contributed by atoms with van der Waals surface area (Å²) < 4.78 is 59.3. The largest absolute Gasteiger partial charge is 0.489 e. The van der Waals surface area contributed by atoms with Crippen molar-refractivity contribution in [1.82, 2.24) is 9.88 Å². The molecule has 0 fully saturated rings. The van der Waals surface area contributed by atoms with Crippen molar-refractivity contribution in [3.8, 4) is 16.3 Å². The van der Waals surface area contributed by atoms with E-state index >= 15 is 0 Å². The van der Waals surface area contributed by atoms with E-state index in [1.54, 1.807) is 12.4 Å². The summed E-state index contributed by atoms with van der Waals surface area (Å²) in [5, 5.41) is 1.89. The first-order valence-corrected chi connectivity index (χ1v) is 10.3. The summed E-state index contributed by atoms with van der Waals surface area (Å²) in [4.78, 5) is 18.1. The third kappa shape index (κ3) is 5.22. The number of hydrogen-bond donors (Lipinski definition) is 0. The van der Waals surface area contributed by atoms with Gasteiger partial charge in [-0.05, 0) is 32.0 Å². The fraction of sp³-hybridized carbons (Fsp3) is 0.273. The third-order valence-corrected chi connectivity index (χ3v) is 5.58. The minimum Gasteiger partial charge on any atom is -0.489 e. The molecule has 0 saturated heterocycles. The third-order valence-electron chi connectivity index (χ3n) is 4.71. The first-order valence-electron chi connectivity index (χ1n) is 9.38. The van der Waals surface area contributed by atoms with Crippen molar-refractivity contribution in [3.05, 3.63) is 70.5 Å². The molecule has 3 rings (SSSR count). The second kappa shape index (κ2) is 9.05. The molecule has 3 aromatic rings.